The highest BCUT2D eigenvalue weighted by molar-refractivity contribution is 5.94. The molecule has 0 spiro atoms. The second-order valence-corrected chi connectivity index (χ2v) is 11.5. The largest absolute Gasteiger partial charge is 0.349 e. The lowest BCUT2D eigenvalue weighted by Gasteiger charge is -2.25. The average Bonchev–Trinajstić information content (AvgIpc) is 3.70. The van der Waals surface area contributed by atoms with Gasteiger partial charge >= 0.3 is 0 Å². The first-order valence-electron chi connectivity index (χ1n) is 14.1. The molecule has 2 N–H and O–H groups in total. The van der Waals surface area contributed by atoms with Crippen LogP contribution in [-0.2, 0) is 17.6 Å². The lowest BCUT2D eigenvalue weighted by Crippen LogP contribution is -2.37. The van der Waals surface area contributed by atoms with Gasteiger partial charge in [-0.25, -0.2) is 0 Å². The van der Waals surface area contributed by atoms with Crippen molar-refractivity contribution in [2.24, 2.45) is 17.8 Å². The normalized spacial score (nSPS) is 25.1. The van der Waals surface area contributed by atoms with Crippen molar-refractivity contribution in [3.63, 3.8) is 0 Å². The third-order valence-corrected chi connectivity index (χ3v) is 9.09. The molecule has 3 heterocycles. The number of nitrogens with one attached hydrogen (secondary N) is 2. The highest BCUT2D eigenvalue weighted by Gasteiger charge is 2.42. The Labute approximate surface area is 214 Å². The summed E-state index contributed by atoms with van der Waals surface area (Å²) in [5, 5.41) is 10.9. The number of hydrogen-bond donors (Lipinski definition) is 2. The Morgan fingerprint density at radius 2 is 1.69 bits per heavy atom. The third kappa shape index (κ3) is 4.82. The summed E-state index contributed by atoms with van der Waals surface area (Å²) in [6, 6.07) is 10.5. The fraction of sp³-hybridized carbons (Fsp3) is 0.621. The predicted octanol–water partition coefficient (Wildman–Crippen LogP) is 3.73. The fourth-order valence-corrected chi connectivity index (χ4v) is 7.04. The van der Waals surface area contributed by atoms with Crippen LogP contribution < -0.4 is 5.32 Å². The molecule has 1 aromatic heterocycles. The number of aryl methyl sites for hydroxylation is 1. The lowest BCUT2D eigenvalue weighted by molar-refractivity contribution is -0.125. The topological polar surface area (TPSA) is 81.3 Å². The maximum absolute atomic E-state index is 13.3. The van der Waals surface area contributed by atoms with Gasteiger partial charge in [-0.05, 0) is 62.3 Å². The molecule has 2 aliphatic heterocycles. The number of carbonyl (C=O) groups excluding carboxylic acids is 2. The average molecular weight is 490 g/mol. The van der Waals surface area contributed by atoms with Crippen LogP contribution in [0.15, 0.2) is 30.3 Å². The van der Waals surface area contributed by atoms with E-state index in [2.05, 4.69) is 44.7 Å². The van der Waals surface area contributed by atoms with E-state index in [1.54, 1.807) is 0 Å². The summed E-state index contributed by atoms with van der Waals surface area (Å²) in [4.78, 5) is 30.8. The highest BCUT2D eigenvalue weighted by Crippen LogP contribution is 2.34. The quantitative estimate of drug-likeness (QED) is 0.621. The van der Waals surface area contributed by atoms with Crippen LogP contribution in [-0.4, -0.2) is 64.5 Å². The second kappa shape index (κ2) is 10.4. The zero-order valence-electron chi connectivity index (χ0n) is 21.3. The summed E-state index contributed by atoms with van der Waals surface area (Å²) in [6.07, 6.45) is 9.64. The Kier molecular flexibility index (Phi) is 6.83. The SMILES string of the molecule is O=C(NC(CCN1CC2CN(C(=O)c3n[nH]c4c3CCCC4)C[C@@H]2C1)c1ccccc1)C1CCCC1. The number of rotatable bonds is 7. The molecule has 2 saturated heterocycles. The Morgan fingerprint density at radius 3 is 2.44 bits per heavy atom. The van der Waals surface area contributed by atoms with Crippen LogP contribution in [0.25, 0.3) is 0 Å². The summed E-state index contributed by atoms with van der Waals surface area (Å²) < 4.78 is 0. The third-order valence-electron chi connectivity index (χ3n) is 9.09. The van der Waals surface area contributed by atoms with Gasteiger partial charge in [0.25, 0.3) is 5.91 Å². The van der Waals surface area contributed by atoms with Crippen LogP contribution in [0, 0.1) is 17.8 Å². The molecule has 192 valence electrons. The number of fused-ring (bicyclic) bond motifs is 2. The van der Waals surface area contributed by atoms with Crippen LogP contribution in [0.1, 0.15) is 78.3 Å². The summed E-state index contributed by atoms with van der Waals surface area (Å²) >= 11 is 0. The van der Waals surface area contributed by atoms with Gasteiger partial charge < -0.3 is 15.1 Å². The van der Waals surface area contributed by atoms with Crippen molar-refractivity contribution in [3.8, 4) is 0 Å². The van der Waals surface area contributed by atoms with Crippen molar-refractivity contribution in [1.82, 2.24) is 25.3 Å². The number of aromatic nitrogens is 2. The molecule has 7 heteroatoms. The molecule has 4 aliphatic rings. The molecule has 6 rings (SSSR count). The van der Waals surface area contributed by atoms with E-state index in [-0.39, 0.29) is 23.8 Å². The van der Waals surface area contributed by atoms with Gasteiger partial charge in [0, 0.05) is 49.9 Å². The van der Waals surface area contributed by atoms with Crippen molar-refractivity contribution >= 4 is 11.8 Å². The van der Waals surface area contributed by atoms with E-state index in [1.165, 1.54) is 30.5 Å². The molecule has 1 saturated carbocycles. The number of nitrogens with zero attached hydrogens (tertiary/aromatic N) is 3. The van der Waals surface area contributed by atoms with Gasteiger partial charge in [0.1, 0.15) is 0 Å². The number of H-pyrrole nitrogens is 1. The molecular weight excluding hydrogens is 450 g/mol. The van der Waals surface area contributed by atoms with Gasteiger partial charge in [-0.2, -0.15) is 5.10 Å². The Morgan fingerprint density at radius 1 is 0.972 bits per heavy atom. The number of carbonyl (C=O) groups is 2. The predicted molar refractivity (Wildman–Crippen MR) is 138 cm³/mol. The zero-order valence-corrected chi connectivity index (χ0v) is 21.3. The Balaban J connectivity index is 1.04. The fourth-order valence-electron chi connectivity index (χ4n) is 7.04. The summed E-state index contributed by atoms with van der Waals surface area (Å²) in [7, 11) is 0. The maximum atomic E-state index is 13.3. The molecule has 2 amide bonds. The van der Waals surface area contributed by atoms with Crippen molar-refractivity contribution in [2.75, 3.05) is 32.7 Å². The van der Waals surface area contributed by atoms with Crippen LogP contribution >= 0.6 is 0 Å². The molecule has 2 aromatic rings. The van der Waals surface area contributed by atoms with Crippen LogP contribution in [0.3, 0.4) is 0 Å². The second-order valence-electron chi connectivity index (χ2n) is 11.5. The van der Waals surface area contributed by atoms with Crippen LogP contribution in [0.2, 0.25) is 0 Å². The minimum Gasteiger partial charge on any atom is -0.349 e. The minimum atomic E-state index is 0.0589. The van der Waals surface area contributed by atoms with Gasteiger partial charge in [0.2, 0.25) is 5.91 Å². The van der Waals surface area contributed by atoms with E-state index < -0.39 is 0 Å². The maximum Gasteiger partial charge on any atom is 0.274 e. The van der Waals surface area contributed by atoms with Gasteiger partial charge in [-0.1, -0.05) is 43.2 Å². The number of aromatic amines is 1. The molecule has 2 aliphatic carbocycles. The van der Waals surface area contributed by atoms with Crippen LogP contribution in [0.4, 0.5) is 0 Å². The summed E-state index contributed by atoms with van der Waals surface area (Å²) in [5.41, 5.74) is 4.20. The van der Waals surface area contributed by atoms with Gasteiger partial charge in [0.05, 0.1) is 6.04 Å². The van der Waals surface area contributed by atoms with E-state index in [1.807, 2.05) is 11.0 Å². The summed E-state index contributed by atoms with van der Waals surface area (Å²) in [5.74, 6) is 1.61. The molecule has 7 nitrogen and oxygen atoms in total. The summed E-state index contributed by atoms with van der Waals surface area (Å²) in [6.45, 7) is 4.71. The Bertz CT molecular complexity index is 1060. The van der Waals surface area contributed by atoms with E-state index in [4.69, 9.17) is 0 Å². The first-order chi connectivity index (χ1) is 17.7. The van der Waals surface area contributed by atoms with Gasteiger partial charge in [0.15, 0.2) is 5.69 Å². The number of amides is 2. The van der Waals surface area contributed by atoms with E-state index in [9.17, 15) is 9.59 Å². The highest BCUT2D eigenvalue weighted by atomic mass is 16.2. The molecule has 1 aromatic carbocycles. The van der Waals surface area contributed by atoms with E-state index >= 15 is 0 Å². The number of benzene rings is 1. The van der Waals surface area contributed by atoms with Crippen molar-refractivity contribution in [1.29, 1.82) is 0 Å². The van der Waals surface area contributed by atoms with E-state index in [0.717, 1.165) is 76.8 Å². The van der Waals surface area contributed by atoms with Crippen molar-refractivity contribution in [3.05, 3.63) is 52.8 Å². The molecule has 36 heavy (non-hydrogen) atoms. The molecule has 3 fully saturated rings. The molecule has 0 radical (unpaired) electrons. The smallest absolute Gasteiger partial charge is 0.274 e. The first kappa shape index (κ1) is 23.7. The molecule has 0 bridgehead atoms. The monoisotopic (exact) mass is 489 g/mol. The number of hydrogen-bond acceptors (Lipinski definition) is 4. The minimum absolute atomic E-state index is 0.0589. The molecule has 3 atom stereocenters. The van der Waals surface area contributed by atoms with Crippen molar-refractivity contribution < 1.29 is 9.59 Å². The van der Waals surface area contributed by atoms with Crippen molar-refractivity contribution in [2.45, 2.75) is 63.8 Å². The van der Waals surface area contributed by atoms with Crippen LogP contribution in [0.5, 0.6) is 0 Å². The first-order valence-corrected chi connectivity index (χ1v) is 14.1. The van der Waals surface area contributed by atoms with Gasteiger partial charge in [-0.3, -0.25) is 14.7 Å². The van der Waals surface area contributed by atoms with Gasteiger partial charge in [-0.15, -0.1) is 0 Å². The number of likely N-dealkylation sites (tertiary alicyclic amines) is 2. The molecule has 2 unspecified atom stereocenters. The molecular formula is C29H39N5O2. The zero-order chi connectivity index (χ0) is 24.5. The lowest BCUT2D eigenvalue weighted by atomic mass is 9.95. The van der Waals surface area contributed by atoms with E-state index in [0.29, 0.717) is 17.5 Å². The Hall–Kier alpha value is -2.67. The standard InChI is InChI=1S/C29H39N5O2/c35-28(21-10-4-5-11-21)30-25(20-8-2-1-3-9-20)14-15-33-16-22-18-34(19-23(22)17-33)29(36)27-24-12-6-7-13-26(24)31-32-27/h1-3,8-9,21-23,25H,4-7,10-19H2,(H,30,35)(H,31,32)/t22-,23?,25?/m0/s1.